The number of nitrogens with zero attached hydrogens (tertiary/aromatic N) is 2. The van der Waals surface area contributed by atoms with Gasteiger partial charge in [-0.15, -0.1) is 0 Å². The van der Waals surface area contributed by atoms with E-state index in [-0.39, 0.29) is 18.1 Å². The highest BCUT2D eigenvalue weighted by Crippen LogP contribution is 2.32. The molecule has 0 aliphatic carbocycles. The lowest BCUT2D eigenvalue weighted by Crippen LogP contribution is -2.12. The summed E-state index contributed by atoms with van der Waals surface area (Å²) in [5, 5.41) is 7.55. The van der Waals surface area contributed by atoms with E-state index in [0.29, 0.717) is 29.5 Å². The smallest absolute Gasteiger partial charge is 0.226 e. The lowest BCUT2D eigenvalue weighted by molar-refractivity contribution is -0.116. The Bertz CT molecular complexity index is 1260. The third-order valence-electron chi connectivity index (χ3n) is 5.42. The molecule has 0 aliphatic rings. The van der Waals surface area contributed by atoms with Gasteiger partial charge in [0.05, 0.1) is 18.5 Å². The van der Waals surface area contributed by atoms with Gasteiger partial charge in [0.15, 0.2) is 0 Å². The number of ether oxygens (including phenoxy) is 2. The Morgan fingerprint density at radius 2 is 1.59 bits per heavy atom. The van der Waals surface area contributed by atoms with Crippen molar-refractivity contribution in [1.82, 2.24) is 9.78 Å². The molecule has 1 N–H and O–H groups in total. The lowest BCUT2D eigenvalue weighted by Gasteiger charge is -2.12. The maximum absolute atomic E-state index is 13.5. The van der Waals surface area contributed by atoms with Crippen molar-refractivity contribution in [1.29, 1.82) is 0 Å². The number of rotatable bonds is 8. The van der Waals surface area contributed by atoms with Crippen LogP contribution < -0.4 is 14.8 Å². The van der Waals surface area contributed by atoms with Crippen LogP contribution >= 0.6 is 0 Å². The van der Waals surface area contributed by atoms with Crippen molar-refractivity contribution >= 4 is 11.6 Å². The third kappa shape index (κ3) is 5.43. The largest absolute Gasteiger partial charge is 0.497 e. The van der Waals surface area contributed by atoms with E-state index < -0.39 is 0 Å². The number of methoxy groups -OCH3 is 1. The fraction of sp³-hybridized carbons (Fsp3) is 0.185. The number of hydrogen-bond acceptors (Lipinski definition) is 4. The standard InChI is InChI=1S/C27H26FN3O3/c1-18-4-8-21(9-5-18)29-26(32)17-16-25-19(2)30-31(22-10-6-20(28)7-11-22)27(25)34-24-14-12-23(33-3)13-15-24/h4-15H,16-17H2,1-3H3,(H,29,32). The Morgan fingerprint density at radius 1 is 0.941 bits per heavy atom. The van der Waals surface area contributed by atoms with Crippen LogP contribution in [0.2, 0.25) is 0 Å². The molecule has 0 fully saturated rings. The molecule has 0 saturated carbocycles. The zero-order valence-electron chi connectivity index (χ0n) is 19.3. The highest BCUT2D eigenvalue weighted by atomic mass is 19.1. The first-order valence-electron chi connectivity index (χ1n) is 11.0. The van der Waals surface area contributed by atoms with Crippen molar-refractivity contribution in [3.63, 3.8) is 0 Å². The highest BCUT2D eigenvalue weighted by molar-refractivity contribution is 5.90. The summed E-state index contributed by atoms with van der Waals surface area (Å²) in [6, 6.07) is 20.9. The molecule has 0 unspecified atom stereocenters. The number of nitrogens with one attached hydrogen (secondary N) is 1. The quantitative estimate of drug-likeness (QED) is 0.351. The van der Waals surface area contributed by atoms with E-state index in [0.717, 1.165) is 22.5 Å². The topological polar surface area (TPSA) is 65.4 Å². The zero-order valence-corrected chi connectivity index (χ0v) is 19.3. The summed E-state index contributed by atoms with van der Waals surface area (Å²) in [6.45, 7) is 3.87. The number of carbonyl (C=O) groups is 1. The minimum Gasteiger partial charge on any atom is -0.497 e. The molecule has 1 amide bonds. The minimum atomic E-state index is -0.335. The van der Waals surface area contributed by atoms with Gasteiger partial charge >= 0.3 is 0 Å². The van der Waals surface area contributed by atoms with Gasteiger partial charge in [0, 0.05) is 17.7 Å². The first-order chi connectivity index (χ1) is 16.4. The molecule has 1 aromatic heterocycles. The molecule has 0 atom stereocenters. The van der Waals surface area contributed by atoms with Gasteiger partial charge in [-0.25, -0.2) is 9.07 Å². The molecule has 0 bridgehead atoms. The molecule has 7 heteroatoms. The molecule has 3 aromatic carbocycles. The molecule has 6 nitrogen and oxygen atoms in total. The number of halogens is 1. The second-order valence-electron chi connectivity index (χ2n) is 7.95. The predicted molar refractivity (Wildman–Crippen MR) is 129 cm³/mol. The Hall–Kier alpha value is -4.13. The van der Waals surface area contributed by atoms with Crippen molar-refractivity contribution in [2.45, 2.75) is 26.7 Å². The van der Waals surface area contributed by atoms with E-state index in [1.165, 1.54) is 12.1 Å². The molecular formula is C27H26FN3O3. The Kier molecular flexibility index (Phi) is 6.92. The molecule has 0 saturated heterocycles. The van der Waals surface area contributed by atoms with Crippen LogP contribution in [-0.4, -0.2) is 22.8 Å². The molecule has 174 valence electrons. The molecule has 0 spiro atoms. The predicted octanol–water partition coefficient (Wildman–Crippen LogP) is 6.00. The van der Waals surface area contributed by atoms with Crippen molar-refractivity contribution < 1.29 is 18.7 Å². The summed E-state index contributed by atoms with van der Waals surface area (Å²) in [5.41, 5.74) is 4.07. The lowest BCUT2D eigenvalue weighted by atomic mass is 10.1. The molecule has 0 radical (unpaired) electrons. The number of carbonyl (C=O) groups excluding carboxylic acids is 1. The zero-order chi connectivity index (χ0) is 24.1. The average molecular weight is 460 g/mol. The van der Waals surface area contributed by atoms with Crippen molar-refractivity contribution in [2.75, 3.05) is 12.4 Å². The first-order valence-corrected chi connectivity index (χ1v) is 11.0. The summed E-state index contributed by atoms with van der Waals surface area (Å²) in [5.74, 6) is 1.35. The first kappa shape index (κ1) is 23.0. The number of aryl methyl sites for hydroxylation is 2. The number of anilines is 1. The van der Waals surface area contributed by atoms with Crippen LogP contribution in [0.25, 0.3) is 5.69 Å². The maximum atomic E-state index is 13.5. The van der Waals surface area contributed by atoms with Gasteiger partial charge in [0.2, 0.25) is 11.8 Å². The summed E-state index contributed by atoms with van der Waals surface area (Å²) >= 11 is 0. The van der Waals surface area contributed by atoms with Crippen LogP contribution in [0.5, 0.6) is 17.4 Å². The Morgan fingerprint density at radius 3 is 2.24 bits per heavy atom. The van der Waals surface area contributed by atoms with Crippen molar-refractivity contribution in [3.05, 3.63) is 95.4 Å². The van der Waals surface area contributed by atoms with E-state index in [1.54, 1.807) is 48.2 Å². The normalized spacial score (nSPS) is 10.7. The summed E-state index contributed by atoms with van der Waals surface area (Å²) in [6.07, 6.45) is 0.680. The maximum Gasteiger partial charge on any atom is 0.226 e. The molecule has 4 aromatic rings. The highest BCUT2D eigenvalue weighted by Gasteiger charge is 2.20. The van der Waals surface area contributed by atoms with E-state index in [4.69, 9.17) is 9.47 Å². The number of aromatic nitrogens is 2. The molecular weight excluding hydrogens is 433 g/mol. The summed E-state index contributed by atoms with van der Waals surface area (Å²) in [4.78, 5) is 12.6. The Labute approximate surface area is 198 Å². The summed E-state index contributed by atoms with van der Waals surface area (Å²) < 4.78 is 26.6. The van der Waals surface area contributed by atoms with Crippen LogP contribution in [0.3, 0.4) is 0 Å². The minimum absolute atomic E-state index is 0.104. The number of hydrogen-bond donors (Lipinski definition) is 1. The van der Waals surface area contributed by atoms with Crippen LogP contribution in [0, 0.1) is 19.7 Å². The van der Waals surface area contributed by atoms with E-state index in [1.807, 2.05) is 38.1 Å². The van der Waals surface area contributed by atoms with Crippen molar-refractivity contribution in [3.8, 4) is 23.1 Å². The second kappa shape index (κ2) is 10.2. The molecule has 0 aliphatic heterocycles. The average Bonchev–Trinajstić information content (AvgIpc) is 3.15. The van der Waals surface area contributed by atoms with Crippen LogP contribution in [0.1, 0.15) is 23.2 Å². The van der Waals surface area contributed by atoms with Crippen LogP contribution in [0.15, 0.2) is 72.8 Å². The Balaban J connectivity index is 1.60. The van der Waals surface area contributed by atoms with Gasteiger partial charge in [-0.05, 0) is 80.9 Å². The van der Waals surface area contributed by atoms with Gasteiger partial charge < -0.3 is 14.8 Å². The molecule has 4 rings (SSSR count). The van der Waals surface area contributed by atoms with Gasteiger partial charge in [0.1, 0.15) is 17.3 Å². The SMILES string of the molecule is COc1ccc(Oc2c(CCC(=O)Nc3ccc(C)cc3)c(C)nn2-c2ccc(F)cc2)cc1. The van der Waals surface area contributed by atoms with E-state index in [2.05, 4.69) is 10.4 Å². The fourth-order valence-corrected chi connectivity index (χ4v) is 3.54. The van der Waals surface area contributed by atoms with Gasteiger partial charge in [-0.1, -0.05) is 17.7 Å². The fourth-order valence-electron chi connectivity index (χ4n) is 3.54. The van der Waals surface area contributed by atoms with Gasteiger partial charge in [0.25, 0.3) is 0 Å². The van der Waals surface area contributed by atoms with Crippen LogP contribution in [0.4, 0.5) is 10.1 Å². The molecule has 34 heavy (non-hydrogen) atoms. The number of benzene rings is 3. The van der Waals surface area contributed by atoms with E-state index >= 15 is 0 Å². The third-order valence-corrected chi connectivity index (χ3v) is 5.42. The molecule has 1 heterocycles. The number of amides is 1. The monoisotopic (exact) mass is 459 g/mol. The van der Waals surface area contributed by atoms with Crippen molar-refractivity contribution in [2.24, 2.45) is 0 Å². The van der Waals surface area contributed by atoms with E-state index in [9.17, 15) is 9.18 Å². The van der Waals surface area contributed by atoms with Crippen LogP contribution in [-0.2, 0) is 11.2 Å². The van der Waals surface area contributed by atoms with Gasteiger partial charge in [-0.3, -0.25) is 4.79 Å². The summed E-state index contributed by atoms with van der Waals surface area (Å²) in [7, 11) is 1.60. The van der Waals surface area contributed by atoms with Gasteiger partial charge in [-0.2, -0.15) is 5.10 Å². The second-order valence-corrected chi connectivity index (χ2v) is 7.95.